The summed E-state index contributed by atoms with van der Waals surface area (Å²) >= 11 is 0. The molecule has 0 amide bonds. The molecule has 5 nitrogen and oxygen atoms in total. The highest BCUT2D eigenvalue weighted by molar-refractivity contribution is 5.64. The van der Waals surface area contributed by atoms with Crippen molar-refractivity contribution in [3.05, 3.63) is 36.4 Å². The minimum Gasteiger partial charge on any atom is -0.449 e. The second-order valence-electron chi connectivity index (χ2n) is 3.87. The second kappa shape index (κ2) is 5.24. The Balaban J connectivity index is 2.39. The fourth-order valence-corrected chi connectivity index (χ4v) is 1.60. The number of halogens is 3. The first-order chi connectivity index (χ1) is 9.35. The van der Waals surface area contributed by atoms with Crippen LogP contribution in [0.2, 0.25) is 0 Å². The van der Waals surface area contributed by atoms with Gasteiger partial charge in [-0.1, -0.05) is 30.3 Å². The Bertz CT molecular complexity index is 608. The van der Waals surface area contributed by atoms with Crippen molar-refractivity contribution >= 4 is 6.16 Å². The Labute approximate surface area is 111 Å². The molecule has 0 atom stereocenters. The van der Waals surface area contributed by atoms with Gasteiger partial charge in [-0.15, -0.1) is 0 Å². The predicted molar refractivity (Wildman–Crippen MR) is 62.4 cm³/mol. The maximum Gasteiger partial charge on any atom is 0.512 e. The second-order valence-corrected chi connectivity index (χ2v) is 3.87. The zero-order chi connectivity index (χ0) is 14.8. The van der Waals surface area contributed by atoms with Gasteiger partial charge in [-0.05, 0) is 0 Å². The highest BCUT2D eigenvalue weighted by Gasteiger charge is 2.31. The molecular weight excluding hydrogens is 277 g/mol. The van der Waals surface area contributed by atoms with Crippen LogP contribution in [0.1, 0.15) is 0 Å². The summed E-state index contributed by atoms with van der Waals surface area (Å²) in [5.41, 5.74) is 0.759. The van der Waals surface area contributed by atoms with Gasteiger partial charge in [0.1, 0.15) is 6.54 Å². The van der Waals surface area contributed by atoms with E-state index in [4.69, 9.17) is 5.11 Å². The van der Waals surface area contributed by atoms with E-state index in [1.165, 1.54) is 0 Å². The highest BCUT2D eigenvalue weighted by Crippen LogP contribution is 2.26. The summed E-state index contributed by atoms with van der Waals surface area (Å²) in [7, 11) is 0. The lowest BCUT2D eigenvalue weighted by molar-refractivity contribution is -0.143. The molecule has 0 aliphatic carbocycles. The van der Waals surface area contributed by atoms with Crippen LogP contribution in [0.3, 0.4) is 0 Å². The van der Waals surface area contributed by atoms with E-state index in [9.17, 15) is 18.0 Å². The fourth-order valence-electron chi connectivity index (χ4n) is 1.60. The van der Waals surface area contributed by atoms with E-state index in [0.29, 0.717) is 10.2 Å². The summed E-state index contributed by atoms with van der Waals surface area (Å²) in [5, 5.41) is 12.3. The maximum absolute atomic E-state index is 12.4. The predicted octanol–water partition coefficient (Wildman–Crippen LogP) is 3.17. The zero-order valence-corrected chi connectivity index (χ0v) is 9.96. The van der Waals surface area contributed by atoms with Crippen molar-refractivity contribution in [1.82, 2.24) is 9.78 Å². The first-order valence-corrected chi connectivity index (χ1v) is 5.46. The van der Waals surface area contributed by atoms with Crippen LogP contribution in [0.25, 0.3) is 11.3 Å². The third-order valence-electron chi connectivity index (χ3n) is 2.33. The third kappa shape index (κ3) is 3.50. The minimum atomic E-state index is -4.53. The van der Waals surface area contributed by atoms with Crippen molar-refractivity contribution in [3.63, 3.8) is 0 Å². The van der Waals surface area contributed by atoms with Gasteiger partial charge in [-0.3, -0.25) is 0 Å². The molecule has 0 radical (unpaired) electrons. The zero-order valence-electron chi connectivity index (χ0n) is 9.96. The number of hydrogen-bond acceptors (Lipinski definition) is 3. The van der Waals surface area contributed by atoms with Crippen LogP contribution >= 0.6 is 0 Å². The monoisotopic (exact) mass is 286 g/mol. The number of alkyl halides is 3. The van der Waals surface area contributed by atoms with Gasteiger partial charge in [0.25, 0.3) is 0 Å². The highest BCUT2D eigenvalue weighted by atomic mass is 19.4. The van der Waals surface area contributed by atoms with Crippen LogP contribution in [0.4, 0.5) is 18.0 Å². The van der Waals surface area contributed by atoms with Crippen LogP contribution in [0.5, 0.6) is 5.88 Å². The molecule has 2 aromatic rings. The maximum atomic E-state index is 12.4. The summed E-state index contributed by atoms with van der Waals surface area (Å²) in [5.74, 6) is -0.478. The fraction of sp³-hybridized carbons (Fsp3) is 0.167. The number of benzene rings is 1. The molecule has 0 aliphatic rings. The topological polar surface area (TPSA) is 64.3 Å². The molecule has 20 heavy (non-hydrogen) atoms. The first kappa shape index (κ1) is 13.9. The Morgan fingerprint density at radius 2 is 1.95 bits per heavy atom. The van der Waals surface area contributed by atoms with Gasteiger partial charge >= 0.3 is 12.3 Å². The van der Waals surface area contributed by atoms with E-state index < -0.39 is 24.8 Å². The lowest BCUT2D eigenvalue weighted by atomic mass is 10.2. The van der Waals surface area contributed by atoms with Gasteiger partial charge in [-0.2, -0.15) is 18.3 Å². The number of rotatable bonds is 3. The molecule has 0 fully saturated rings. The lowest BCUT2D eigenvalue weighted by Gasteiger charge is -2.08. The van der Waals surface area contributed by atoms with E-state index in [1.807, 2.05) is 0 Å². The van der Waals surface area contributed by atoms with Gasteiger partial charge in [0.05, 0.1) is 5.69 Å². The minimum absolute atomic E-state index is 0.200. The standard InChI is InChI=1S/C12H9F3N2O3/c13-12(14,15)7-17-10(20-11(18)19)6-9(16-17)8-4-2-1-3-5-8/h1-6H,7H2,(H,18,19). The summed E-state index contributed by atoms with van der Waals surface area (Å²) < 4.78 is 42.0. The van der Waals surface area contributed by atoms with E-state index in [1.54, 1.807) is 30.3 Å². The average Bonchev–Trinajstić information content (AvgIpc) is 2.70. The first-order valence-electron chi connectivity index (χ1n) is 5.46. The van der Waals surface area contributed by atoms with Crippen LogP contribution in [0.15, 0.2) is 36.4 Å². The van der Waals surface area contributed by atoms with Gasteiger partial charge in [0.2, 0.25) is 5.88 Å². The molecule has 0 spiro atoms. The van der Waals surface area contributed by atoms with E-state index >= 15 is 0 Å². The van der Waals surface area contributed by atoms with E-state index in [-0.39, 0.29) is 5.69 Å². The molecule has 1 aromatic carbocycles. The smallest absolute Gasteiger partial charge is 0.449 e. The molecule has 2 rings (SSSR count). The van der Waals surface area contributed by atoms with Crippen molar-refractivity contribution < 1.29 is 27.8 Å². The molecule has 1 heterocycles. The van der Waals surface area contributed by atoms with E-state index in [2.05, 4.69) is 9.84 Å². The molecule has 0 saturated heterocycles. The molecule has 8 heteroatoms. The van der Waals surface area contributed by atoms with Gasteiger partial charge in [-0.25, -0.2) is 9.48 Å². The lowest BCUT2D eigenvalue weighted by Crippen LogP contribution is -2.20. The van der Waals surface area contributed by atoms with E-state index in [0.717, 1.165) is 6.07 Å². The molecule has 0 bridgehead atoms. The molecule has 106 valence electrons. The Morgan fingerprint density at radius 1 is 1.30 bits per heavy atom. The Morgan fingerprint density at radius 3 is 2.50 bits per heavy atom. The normalized spacial score (nSPS) is 11.3. The number of aromatic nitrogens is 2. The third-order valence-corrected chi connectivity index (χ3v) is 2.33. The SMILES string of the molecule is O=C(O)Oc1cc(-c2ccccc2)nn1CC(F)(F)F. The van der Waals surface area contributed by atoms with Crippen molar-refractivity contribution in [3.8, 4) is 17.1 Å². The number of carboxylic acid groups (broad SMARTS) is 1. The van der Waals surface area contributed by atoms with Crippen LogP contribution in [0, 0.1) is 0 Å². The molecular formula is C12H9F3N2O3. The van der Waals surface area contributed by atoms with Crippen molar-refractivity contribution in [2.24, 2.45) is 0 Å². The van der Waals surface area contributed by atoms with Crippen molar-refractivity contribution in [2.75, 3.05) is 0 Å². The largest absolute Gasteiger partial charge is 0.512 e. The van der Waals surface area contributed by atoms with Crippen LogP contribution in [-0.2, 0) is 6.54 Å². The average molecular weight is 286 g/mol. The number of carbonyl (C=O) groups is 1. The summed E-state index contributed by atoms with van der Waals surface area (Å²) in [6.45, 7) is -1.43. The summed E-state index contributed by atoms with van der Waals surface area (Å²) in [6.07, 6.45) is -6.23. The number of hydrogen-bond donors (Lipinski definition) is 1. The van der Waals surface area contributed by atoms with Gasteiger partial charge in [0.15, 0.2) is 0 Å². The van der Waals surface area contributed by atoms with Crippen molar-refractivity contribution in [2.45, 2.75) is 12.7 Å². The molecule has 1 aromatic heterocycles. The van der Waals surface area contributed by atoms with Crippen LogP contribution in [-0.4, -0.2) is 27.2 Å². The molecule has 0 saturated carbocycles. The molecule has 0 aliphatic heterocycles. The number of ether oxygens (including phenoxy) is 1. The molecule has 0 unspecified atom stereocenters. The Kier molecular flexibility index (Phi) is 3.64. The summed E-state index contributed by atoms with van der Waals surface area (Å²) in [4.78, 5) is 10.5. The quantitative estimate of drug-likeness (QED) is 0.880. The molecule has 1 N–H and O–H groups in total. The van der Waals surface area contributed by atoms with Gasteiger partial charge < -0.3 is 9.84 Å². The van der Waals surface area contributed by atoms with Crippen molar-refractivity contribution in [1.29, 1.82) is 0 Å². The van der Waals surface area contributed by atoms with Crippen LogP contribution < -0.4 is 4.74 Å². The summed E-state index contributed by atoms with van der Waals surface area (Å²) in [6, 6.07) is 9.56. The Hall–Kier alpha value is -2.51. The number of nitrogens with zero attached hydrogens (tertiary/aromatic N) is 2. The van der Waals surface area contributed by atoms with Gasteiger partial charge in [0, 0.05) is 11.6 Å².